The number of aromatic nitrogens is 3. The number of anilines is 2. The predicted molar refractivity (Wildman–Crippen MR) is 83.0 cm³/mol. The van der Waals surface area contributed by atoms with E-state index in [9.17, 15) is 0 Å². The van der Waals surface area contributed by atoms with Crippen LogP contribution in [0.25, 0.3) is 5.65 Å². The molecule has 0 fully saturated rings. The van der Waals surface area contributed by atoms with Crippen LogP contribution in [0.5, 0.6) is 0 Å². The summed E-state index contributed by atoms with van der Waals surface area (Å²) < 4.78 is 1.89. The van der Waals surface area contributed by atoms with Crippen LogP contribution >= 0.6 is 11.3 Å². The molecular formula is C14H17N5S. The number of nitrogen functional groups attached to an aromatic ring is 1. The van der Waals surface area contributed by atoms with E-state index < -0.39 is 0 Å². The molecule has 0 aliphatic carbocycles. The number of fused-ring (bicyclic) bond motifs is 1. The van der Waals surface area contributed by atoms with Gasteiger partial charge in [-0.05, 0) is 17.9 Å². The van der Waals surface area contributed by atoms with Gasteiger partial charge in [0.25, 0.3) is 0 Å². The van der Waals surface area contributed by atoms with Crippen LogP contribution in [-0.2, 0) is 0 Å². The maximum Gasteiger partial charge on any atom is 0.180 e. The fourth-order valence-corrected chi connectivity index (χ4v) is 3.09. The molecular weight excluding hydrogens is 270 g/mol. The minimum Gasteiger partial charge on any atom is -0.382 e. The standard InChI is InChI=1S/C14H17N5S/c1-2-4-10(11-5-3-8-20-11)17-13-14-16-6-7-19(14)9-12(15)18-13/h3,5-10H,2,4,15H2,1H3,(H,17,18). The minimum absolute atomic E-state index is 0.245. The van der Waals surface area contributed by atoms with Crippen molar-refractivity contribution in [1.29, 1.82) is 0 Å². The van der Waals surface area contributed by atoms with Gasteiger partial charge in [0.15, 0.2) is 11.5 Å². The van der Waals surface area contributed by atoms with Crippen LogP contribution in [0.15, 0.2) is 36.1 Å². The van der Waals surface area contributed by atoms with E-state index in [1.54, 1.807) is 23.7 Å². The van der Waals surface area contributed by atoms with Crippen molar-refractivity contribution >= 4 is 28.6 Å². The fraction of sp³-hybridized carbons (Fsp3) is 0.286. The second kappa shape index (κ2) is 5.50. The lowest BCUT2D eigenvalue weighted by atomic mass is 10.1. The Labute approximate surface area is 121 Å². The lowest BCUT2D eigenvalue weighted by Crippen LogP contribution is -2.12. The van der Waals surface area contributed by atoms with Crippen molar-refractivity contribution in [3.63, 3.8) is 0 Å². The van der Waals surface area contributed by atoms with Gasteiger partial charge < -0.3 is 15.5 Å². The molecule has 1 unspecified atom stereocenters. The molecule has 0 aliphatic rings. The van der Waals surface area contributed by atoms with Gasteiger partial charge in [-0.15, -0.1) is 11.3 Å². The molecule has 6 heteroatoms. The van der Waals surface area contributed by atoms with Gasteiger partial charge in [0.05, 0.1) is 12.2 Å². The number of rotatable bonds is 5. The molecule has 0 aromatic carbocycles. The van der Waals surface area contributed by atoms with Gasteiger partial charge in [0.2, 0.25) is 0 Å². The Balaban J connectivity index is 1.96. The first kappa shape index (κ1) is 12.9. The summed E-state index contributed by atoms with van der Waals surface area (Å²) in [6.45, 7) is 2.18. The van der Waals surface area contributed by atoms with Gasteiger partial charge in [-0.25, -0.2) is 9.97 Å². The number of hydrogen-bond donors (Lipinski definition) is 2. The Morgan fingerprint density at radius 1 is 1.50 bits per heavy atom. The average Bonchev–Trinajstić information content (AvgIpc) is 3.08. The highest BCUT2D eigenvalue weighted by molar-refractivity contribution is 7.10. The van der Waals surface area contributed by atoms with Crippen molar-refractivity contribution in [3.05, 3.63) is 41.0 Å². The molecule has 0 saturated heterocycles. The molecule has 20 heavy (non-hydrogen) atoms. The normalized spacial score (nSPS) is 12.7. The lowest BCUT2D eigenvalue weighted by molar-refractivity contribution is 0.685. The minimum atomic E-state index is 0.245. The number of nitrogens with two attached hydrogens (primary N) is 1. The summed E-state index contributed by atoms with van der Waals surface area (Å²) in [6.07, 6.45) is 7.54. The van der Waals surface area contributed by atoms with Crippen molar-refractivity contribution in [1.82, 2.24) is 14.4 Å². The topological polar surface area (TPSA) is 68.2 Å². The Hall–Kier alpha value is -2.08. The van der Waals surface area contributed by atoms with Gasteiger partial charge in [-0.1, -0.05) is 19.4 Å². The summed E-state index contributed by atoms with van der Waals surface area (Å²) in [4.78, 5) is 10.0. The van der Waals surface area contributed by atoms with E-state index in [0.717, 1.165) is 24.3 Å². The first-order valence-electron chi connectivity index (χ1n) is 6.67. The largest absolute Gasteiger partial charge is 0.382 e. The third kappa shape index (κ3) is 2.46. The molecule has 0 aliphatic heterocycles. The van der Waals surface area contributed by atoms with Crippen LogP contribution in [0.1, 0.15) is 30.7 Å². The highest BCUT2D eigenvalue weighted by Crippen LogP contribution is 2.28. The zero-order valence-electron chi connectivity index (χ0n) is 11.3. The van der Waals surface area contributed by atoms with Crippen molar-refractivity contribution in [2.24, 2.45) is 0 Å². The van der Waals surface area contributed by atoms with E-state index >= 15 is 0 Å². The Bertz CT molecular complexity index is 689. The summed E-state index contributed by atoms with van der Waals surface area (Å²) in [7, 11) is 0. The number of hydrogen-bond acceptors (Lipinski definition) is 5. The first-order chi connectivity index (χ1) is 9.78. The van der Waals surface area contributed by atoms with Gasteiger partial charge in [0, 0.05) is 17.3 Å². The van der Waals surface area contributed by atoms with E-state index in [0.29, 0.717) is 5.82 Å². The maximum atomic E-state index is 5.86. The summed E-state index contributed by atoms with van der Waals surface area (Å²) in [5.41, 5.74) is 6.66. The van der Waals surface area contributed by atoms with E-state index in [1.807, 2.05) is 10.6 Å². The molecule has 1 atom stereocenters. The van der Waals surface area contributed by atoms with Gasteiger partial charge >= 0.3 is 0 Å². The van der Waals surface area contributed by atoms with Crippen LogP contribution in [0.2, 0.25) is 0 Å². The maximum absolute atomic E-state index is 5.86. The first-order valence-corrected chi connectivity index (χ1v) is 7.55. The smallest absolute Gasteiger partial charge is 0.180 e. The lowest BCUT2D eigenvalue weighted by Gasteiger charge is -2.18. The molecule has 3 heterocycles. The van der Waals surface area contributed by atoms with Crippen LogP contribution in [0.3, 0.4) is 0 Å². The molecule has 5 nitrogen and oxygen atoms in total. The summed E-state index contributed by atoms with van der Waals surface area (Å²) in [5.74, 6) is 1.22. The third-order valence-corrected chi connectivity index (χ3v) is 4.15. The molecule has 104 valence electrons. The average molecular weight is 287 g/mol. The van der Waals surface area contributed by atoms with Crippen LogP contribution in [-0.4, -0.2) is 14.4 Å². The molecule has 0 saturated carbocycles. The monoisotopic (exact) mass is 287 g/mol. The summed E-state index contributed by atoms with van der Waals surface area (Å²) in [5, 5.41) is 5.58. The SMILES string of the molecule is CCCC(Nc1nc(N)cn2ccnc12)c1cccs1. The summed E-state index contributed by atoms with van der Waals surface area (Å²) >= 11 is 1.75. The van der Waals surface area contributed by atoms with Crippen LogP contribution in [0, 0.1) is 0 Å². The highest BCUT2D eigenvalue weighted by atomic mass is 32.1. The second-order valence-corrected chi connectivity index (χ2v) is 5.65. The number of imidazole rings is 1. The molecule has 0 spiro atoms. The molecule has 0 amide bonds. The third-order valence-electron chi connectivity index (χ3n) is 3.17. The number of nitrogens with one attached hydrogen (secondary N) is 1. The van der Waals surface area contributed by atoms with Crippen LogP contribution in [0.4, 0.5) is 11.6 Å². The molecule has 3 N–H and O–H groups in total. The second-order valence-electron chi connectivity index (χ2n) is 4.67. The van der Waals surface area contributed by atoms with E-state index in [2.05, 4.69) is 39.7 Å². The number of thiophene rings is 1. The highest BCUT2D eigenvalue weighted by Gasteiger charge is 2.15. The zero-order valence-corrected chi connectivity index (χ0v) is 12.1. The summed E-state index contributed by atoms with van der Waals surface area (Å²) in [6, 6.07) is 4.46. The Morgan fingerprint density at radius 3 is 3.15 bits per heavy atom. The van der Waals surface area contributed by atoms with E-state index in [4.69, 9.17) is 5.73 Å². The molecule has 3 aromatic heterocycles. The van der Waals surface area contributed by atoms with E-state index in [-0.39, 0.29) is 6.04 Å². The van der Waals surface area contributed by atoms with Crippen molar-refractivity contribution in [2.45, 2.75) is 25.8 Å². The molecule has 3 aromatic rings. The quantitative estimate of drug-likeness (QED) is 0.755. The molecule has 0 bridgehead atoms. The van der Waals surface area contributed by atoms with Crippen molar-refractivity contribution in [2.75, 3.05) is 11.1 Å². The predicted octanol–water partition coefficient (Wildman–Crippen LogP) is 3.33. The fourth-order valence-electron chi connectivity index (χ4n) is 2.28. The van der Waals surface area contributed by atoms with E-state index in [1.165, 1.54) is 4.88 Å². The Morgan fingerprint density at radius 2 is 2.40 bits per heavy atom. The van der Waals surface area contributed by atoms with Crippen LogP contribution < -0.4 is 11.1 Å². The van der Waals surface area contributed by atoms with Gasteiger partial charge in [-0.3, -0.25) is 0 Å². The zero-order chi connectivity index (χ0) is 13.9. The molecule has 0 radical (unpaired) electrons. The van der Waals surface area contributed by atoms with Crippen molar-refractivity contribution in [3.8, 4) is 0 Å². The Kier molecular flexibility index (Phi) is 3.56. The van der Waals surface area contributed by atoms with Gasteiger partial charge in [0.1, 0.15) is 5.82 Å². The van der Waals surface area contributed by atoms with Crippen molar-refractivity contribution < 1.29 is 0 Å². The molecule has 3 rings (SSSR count). The van der Waals surface area contributed by atoms with Gasteiger partial charge in [-0.2, -0.15) is 0 Å². The number of nitrogens with zero attached hydrogens (tertiary/aromatic N) is 3.